The Labute approximate surface area is 157 Å². The second-order valence-corrected chi connectivity index (χ2v) is 6.17. The van der Waals surface area contributed by atoms with Crippen molar-refractivity contribution in [3.05, 3.63) is 37.3 Å². The van der Waals surface area contributed by atoms with Gasteiger partial charge in [-0.25, -0.2) is 4.79 Å². The Kier molecular flexibility index (Phi) is 12.4. The molecule has 2 radical (unpaired) electrons. The van der Waals surface area contributed by atoms with E-state index >= 15 is 0 Å². The Bertz CT molecular complexity index is 501. The van der Waals surface area contributed by atoms with Crippen molar-refractivity contribution >= 4 is 5.97 Å². The minimum Gasteiger partial charge on any atom is -0.493 e. The van der Waals surface area contributed by atoms with Gasteiger partial charge in [0.15, 0.2) is 11.5 Å². The molecule has 1 aromatic rings. The molecule has 146 valence electrons. The second-order valence-electron chi connectivity index (χ2n) is 6.17. The fourth-order valence-electron chi connectivity index (χ4n) is 2.60. The first-order chi connectivity index (χ1) is 12.7. The molecule has 1 rings (SSSR count). The molecule has 0 unspecified atom stereocenters. The molecule has 0 saturated heterocycles. The van der Waals surface area contributed by atoms with E-state index < -0.39 is 5.97 Å². The first-order valence-corrected chi connectivity index (χ1v) is 9.43. The minimum absolute atomic E-state index is 0.343. The Morgan fingerprint density at radius 3 is 2.15 bits per heavy atom. The van der Waals surface area contributed by atoms with Crippen LogP contribution in [0.2, 0.25) is 0 Å². The second kappa shape index (κ2) is 14.4. The molecule has 0 N–H and O–H groups in total. The third-order valence-electron chi connectivity index (χ3n) is 4.13. The summed E-state index contributed by atoms with van der Waals surface area (Å²) >= 11 is 0. The minimum atomic E-state index is -0.565. The monoisotopic (exact) mass is 364 g/mol. The summed E-state index contributed by atoms with van der Waals surface area (Å²) in [4.78, 5) is 21.6. The number of hydrogen-bond donors (Lipinski definition) is 0. The van der Waals surface area contributed by atoms with Crippen molar-refractivity contribution in [2.45, 2.75) is 64.2 Å². The van der Waals surface area contributed by atoms with E-state index in [2.05, 4.69) is 6.92 Å². The van der Waals surface area contributed by atoms with Gasteiger partial charge in [0.05, 0.1) is 19.8 Å². The van der Waals surface area contributed by atoms with Crippen LogP contribution in [0.4, 0.5) is 0 Å². The summed E-state index contributed by atoms with van der Waals surface area (Å²) in [6.45, 7) is 5.39. The van der Waals surface area contributed by atoms with E-state index in [0.717, 1.165) is 19.3 Å². The quantitative estimate of drug-likeness (QED) is 0.227. The number of carbonyl (C=O) groups excluding carboxylic acids is 1. The first kappa shape index (κ1) is 22.3. The molecule has 26 heavy (non-hydrogen) atoms. The van der Waals surface area contributed by atoms with Crippen molar-refractivity contribution < 1.29 is 24.0 Å². The molecule has 0 aliphatic rings. The highest BCUT2D eigenvalue weighted by Crippen LogP contribution is 2.27. The lowest BCUT2D eigenvalue weighted by Gasteiger charge is -2.08. The van der Waals surface area contributed by atoms with E-state index in [1.165, 1.54) is 65.8 Å². The highest BCUT2D eigenvalue weighted by molar-refractivity contribution is 5.89. The van der Waals surface area contributed by atoms with Gasteiger partial charge in [-0.15, -0.1) is 0 Å². The third kappa shape index (κ3) is 9.09. The summed E-state index contributed by atoms with van der Waals surface area (Å²) in [5.74, 6) is 0.459. The van der Waals surface area contributed by atoms with Gasteiger partial charge >= 0.3 is 5.97 Å². The number of hydrogen-bond acceptors (Lipinski definition) is 5. The molecule has 0 aromatic heterocycles. The summed E-state index contributed by atoms with van der Waals surface area (Å²) in [5.41, 5.74) is 0.343. The van der Waals surface area contributed by atoms with E-state index in [1.807, 2.05) is 0 Å². The van der Waals surface area contributed by atoms with Gasteiger partial charge in [0.25, 0.3) is 0 Å². The van der Waals surface area contributed by atoms with E-state index in [0.29, 0.717) is 17.1 Å². The molecular weight excluding hydrogens is 332 g/mol. The van der Waals surface area contributed by atoms with Crippen molar-refractivity contribution in [3.8, 4) is 11.5 Å². The van der Waals surface area contributed by atoms with Gasteiger partial charge in [-0.3, -0.25) is 4.89 Å². The lowest BCUT2D eigenvalue weighted by atomic mass is 10.1. The van der Waals surface area contributed by atoms with Crippen LogP contribution in [0.25, 0.3) is 0 Å². The zero-order valence-electron chi connectivity index (χ0n) is 16.1. The Morgan fingerprint density at radius 1 is 0.923 bits per heavy atom. The summed E-state index contributed by atoms with van der Waals surface area (Å²) in [5, 5.41) is 0. The summed E-state index contributed by atoms with van der Waals surface area (Å²) < 4.78 is 10.3. The molecule has 1 aromatic carbocycles. The van der Waals surface area contributed by atoms with Crippen LogP contribution in [0.5, 0.6) is 11.5 Å². The highest BCUT2D eigenvalue weighted by atomic mass is 17.2. The van der Waals surface area contributed by atoms with Crippen LogP contribution >= 0.6 is 0 Å². The molecule has 0 spiro atoms. The highest BCUT2D eigenvalue weighted by Gasteiger charge is 2.12. The van der Waals surface area contributed by atoms with Crippen molar-refractivity contribution in [1.29, 1.82) is 0 Å². The van der Waals surface area contributed by atoms with Crippen LogP contribution in [-0.4, -0.2) is 20.2 Å². The smallest absolute Gasteiger partial charge is 0.373 e. The van der Waals surface area contributed by atoms with Crippen LogP contribution in [0.3, 0.4) is 0 Å². The van der Waals surface area contributed by atoms with Gasteiger partial charge < -0.3 is 9.47 Å². The number of methoxy groups -OCH3 is 2. The Morgan fingerprint density at radius 2 is 1.54 bits per heavy atom. The third-order valence-corrected chi connectivity index (χ3v) is 4.13. The average Bonchev–Trinajstić information content (AvgIpc) is 2.68. The van der Waals surface area contributed by atoms with Crippen LogP contribution in [0.1, 0.15) is 74.6 Å². The van der Waals surface area contributed by atoms with E-state index in [9.17, 15) is 4.79 Å². The SMILES string of the molecule is [CH2]CCCCCCCCCC[CH]OOC(=O)c1ccc(OC)c(OC)c1. The molecule has 5 heteroatoms. The fraction of sp³-hybridized carbons (Fsp3) is 0.571. The molecular formula is C21H32O5. The molecule has 0 heterocycles. The predicted octanol–water partition coefficient (Wildman–Crippen LogP) is 5.69. The fourth-order valence-corrected chi connectivity index (χ4v) is 2.60. The molecule has 0 amide bonds. The lowest BCUT2D eigenvalue weighted by Crippen LogP contribution is -2.05. The first-order valence-electron chi connectivity index (χ1n) is 9.43. The zero-order chi connectivity index (χ0) is 19.0. The molecule has 0 aliphatic heterocycles. The van der Waals surface area contributed by atoms with Crippen LogP contribution < -0.4 is 9.47 Å². The molecule has 5 nitrogen and oxygen atoms in total. The maximum Gasteiger partial charge on any atom is 0.373 e. The van der Waals surface area contributed by atoms with E-state index in [-0.39, 0.29) is 0 Å². The standard InChI is InChI=1S/C21H32O5/c1-4-5-6-7-8-9-10-11-12-13-16-25-26-21(22)18-14-15-19(23-2)20(17-18)24-3/h14-17H,1,4-13H2,2-3H3. The Hall–Kier alpha value is -1.75. The van der Waals surface area contributed by atoms with E-state index in [1.54, 1.807) is 18.2 Å². The van der Waals surface area contributed by atoms with Gasteiger partial charge in [-0.2, -0.15) is 4.89 Å². The number of benzene rings is 1. The summed E-state index contributed by atoms with van der Waals surface area (Å²) in [7, 11) is 3.05. The summed E-state index contributed by atoms with van der Waals surface area (Å²) in [6, 6.07) is 4.81. The number of ether oxygens (including phenoxy) is 2. The van der Waals surface area contributed by atoms with Crippen LogP contribution in [0, 0.1) is 13.5 Å². The number of carbonyl (C=O) groups is 1. The molecule has 0 atom stereocenters. The normalized spacial score (nSPS) is 10.6. The maximum atomic E-state index is 11.9. The molecule has 0 fully saturated rings. The molecule has 0 saturated carbocycles. The van der Waals surface area contributed by atoms with Gasteiger partial charge in [0.2, 0.25) is 0 Å². The lowest BCUT2D eigenvalue weighted by molar-refractivity contribution is -0.213. The van der Waals surface area contributed by atoms with Gasteiger partial charge in [0, 0.05) is 0 Å². The van der Waals surface area contributed by atoms with Crippen molar-refractivity contribution in [2.75, 3.05) is 14.2 Å². The molecule has 0 bridgehead atoms. The van der Waals surface area contributed by atoms with Crippen LogP contribution in [-0.2, 0) is 9.78 Å². The van der Waals surface area contributed by atoms with Crippen molar-refractivity contribution in [1.82, 2.24) is 0 Å². The van der Waals surface area contributed by atoms with Crippen molar-refractivity contribution in [3.63, 3.8) is 0 Å². The van der Waals surface area contributed by atoms with Gasteiger partial charge in [-0.1, -0.05) is 64.7 Å². The zero-order valence-corrected chi connectivity index (χ0v) is 16.1. The Balaban J connectivity index is 2.06. The number of unbranched alkanes of at least 4 members (excludes halogenated alkanes) is 9. The predicted molar refractivity (Wildman–Crippen MR) is 102 cm³/mol. The topological polar surface area (TPSA) is 54.0 Å². The average molecular weight is 364 g/mol. The maximum absolute atomic E-state index is 11.9. The number of rotatable bonds is 15. The van der Waals surface area contributed by atoms with Crippen LogP contribution in [0.15, 0.2) is 18.2 Å². The van der Waals surface area contributed by atoms with Gasteiger partial charge in [0.1, 0.15) is 6.61 Å². The largest absolute Gasteiger partial charge is 0.493 e. The van der Waals surface area contributed by atoms with Crippen molar-refractivity contribution in [2.24, 2.45) is 0 Å². The van der Waals surface area contributed by atoms with E-state index in [4.69, 9.17) is 19.2 Å². The van der Waals surface area contributed by atoms with Gasteiger partial charge in [-0.05, 0) is 24.6 Å². The molecule has 0 aliphatic carbocycles. The summed E-state index contributed by atoms with van der Waals surface area (Å²) in [6.07, 6.45) is 11.7.